The number of alkyl carbamates (subject to hydrolysis) is 1. The zero-order valence-electron chi connectivity index (χ0n) is 26.8. The summed E-state index contributed by atoms with van der Waals surface area (Å²) in [4.78, 5) is 42.9. The number of hydrogen-bond acceptors (Lipinski definition) is 7. The molecular weight excluding hydrogens is 634 g/mol. The molecule has 14 heteroatoms. The molecule has 3 aromatic rings. The second-order valence-electron chi connectivity index (χ2n) is 12.3. The van der Waals surface area contributed by atoms with Gasteiger partial charge in [-0.15, -0.1) is 0 Å². The number of carbonyl (C=O) groups is 3. The highest BCUT2D eigenvalue weighted by molar-refractivity contribution is 7.89. The molecule has 1 saturated heterocycles. The Morgan fingerprint density at radius 3 is 2.44 bits per heavy atom. The number of sulfonamides is 1. The third-order valence-electron chi connectivity index (χ3n) is 8.57. The van der Waals surface area contributed by atoms with Crippen LogP contribution in [0.25, 0.3) is 10.8 Å². The SMILES string of the molecule is N=C(N)N1CCC[C@@H](CNC(=O)C[C@H](NS(=O)(=O)c2ccc3ccccc3c2)C(=O)N(CCNC(=O)OCc2ccccc2)C2CC2)C1. The molecule has 0 spiro atoms. The number of nitrogens with zero attached hydrogens (tertiary/aromatic N) is 2. The normalized spacial score (nSPS) is 16.9. The van der Waals surface area contributed by atoms with Gasteiger partial charge in [-0.3, -0.25) is 15.0 Å². The van der Waals surface area contributed by atoms with Crippen LogP contribution in [0.2, 0.25) is 0 Å². The van der Waals surface area contributed by atoms with Gasteiger partial charge < -0.3 is 30.9 Å². The summed E-state index contributed by atoms with van der Waals surface area (Å²) in [7, 11) is -4.21. The number of nitrogens with one attached hydrogen (secondary N) is 4. The summed E-state index contributed by atoms with van der Waals surface area (Å²) in [5, 5.41) is 14.8. The van der Waals surface area contributed by atoms with Crippen LogP contribution in [0.1, 0.15) is 37.7 Å². The molecule has 2 fully saturated rings. The van der Waals surface area contributed by atoms with Crippen molar-refractivity contribution >= 4 is 44.7 Å². The van der Waals surface area contributed by atoms with Crippen molar-refractivity contribution in [3.05, 3.63) is 78.4 Å². The lowest BCUT2D eigenvalue weighted by atomic mass is 9.98. The minimum absolute atomic E-state index is 0.0149. The summed E-state index contributed by atoms with van der Waals surface area (Å²) in [6.07, 6.45) is 2.09. The lowest BCUT2D eigenvalue weighted by Gasteiger charge is -2.33. The first-order valence-corrected chi connectivity index (χ1v) is 17.7. The largest absolute Gasteiger partial charge is 0.445 e. The van der Waals surface area contributed by atoms with Crippen LogP contribution in [-0.4, -0.2) is 86.9 Å². The molecule has 0 unspecified atom stereocenters. The van der Waals surface area contributed by atoms with E-state index in [9.17, 15) is 22.8 Å². The number of carbonyl (C=O) groups excluding carboxylic acids is 3. The van der Waals surface area contributed by atoms with E-state index in [-0.39, 0.29) is 42.5 Å². The lowest BCUT2D eigenvalue weighted by Crippen LogP contribution is -2.53. The van der Waals surface area contributed by atoms with E-state index in [0.717, 1.165) is 42.0 Å². The molecule has 3 amide bonds. The second kappa shape index (κ2) is 15.9. The topological polar surface area (TPSA) is 187 Å². The molecule has 1 heterocycles. The van der Waals surface area contributed by atoms with E-state index < -0.39 is 40.4 Å². The number of guanidine groups is 1. The van der Waals surface area contributed by atoms with Crippen molar-refractivity contribution in [3.63, 3.8) is 0 Å². The van der Waals surface area contributed by atoms with Crippen LogP contribution in [0.3, 0.4) is 0 Å². The Morgan fingerprint density at radius 1 is 0.979 bits per heavy atom. The zero-order chi connectivity index (χ0) is 34.1. The number of hydrogen-bond donors (Lipinski definition) is 5. The quantitative estimate of drug-likeness (QED) is 0.127. The van der Waals surface area contributed by atoms with E-state index in [1.165, 1.54) is 17.0 Å². The van der Waals surface area contributed by atoms with Gasteiger partial charge in [-0.25, -0.2) is 13.2 Å². The number of amides is 3. The van der Waals surface area contributed by atoms with Gasteiger partial charge in [-0.2, -0.15) is 4.72 Å². The molecule has 2 atom stereocenters. The van der Waals surface area contributed by atoms with E-state index in [1.54, 1.807) is 17.0 Å². The number of fused-ring (bicyclic) bond motifs is 1. The van der Waals surface area contributed by atoms with Crippen LogP contribution in [0.4, 0.5) is 4.79 Å². The van der Waals surface area contributed by atoms with E-state index in [0.29, 0.717) is 19.6 Å². The molecule has 256 valence electrons. The third-order valence-corrected chi connectivity index (χ3v) is 10.0. The van der Waals surface area contributed by atoms with Crippen molar-refractivity contribution in [2.24, 2.45) is 11.7 Å². The number of piperidine rings is 1. The molecule has 5 rings (SSSR count). The van der Waals surface area contributed by atoms with Crippen LogP contribution in [0, 0.1) is 11.3 Å². The van der Waals surface area contributed by atoms with Gasteiger partial charge >= 0.3 is 6.09 Å². The minimum atomic E-state index is -4.21. The smallest absolute Gasteiger partial charge is 0.407 e. The van der Waals surface area contributed by atoms with E-state index in [1.807, 2.05) is 48.5 Å². The highest BCUT2D eigenvalue weighted by Gasteiger charge is 2.38. The van der Waals surface area contributed by atoms with Gasteiger partial charge in [-0.1, -0.05) is 60.7 Å². The maximum absolute atomic E-state index is 14.0. The average molecular weight is 678 g/mol. The number of likely N-dealkylation sites (tertiary alicyclic amines) is 1. The maximum atomic E-state index is 14.0. The molecule has 6 N–H and O–H groups in total. The molecular formula is C34H43N7O6S. The third kappa shape index (κ3) is 9.67. The van der Waals surface area contributed by atoms with E-state index in [2.05, 4.69) is 15.4 Å². The van der Waals surface area contributed by atoms with Crippen molar-refractivity contribution in [1.82, 2.24) is 25.2 Å². The molecule has 0 aromatic heterocycles. The highest BCUT2D eigenvalue weighted by Crippen LogP contribution is 2.28. The molecule has 0 bridgehead atoms. The zero-order valence-corrected chi connectivity index (χ0v) is 27.6. The average Bonchev–Trinajstić information content (AvgIpc) is 3.93. The Bertz CT molecular complexity index is 1720. The molecule has 3 aromatic carbocycles. The maximum Gasteiger partial charge on any atom is 0.407 e. The minimum Gasteiger partial charge on any atom is -0.445 e. The molecule has 2 aliphatic rings. The number of benzene rings is 3. The Hall–Kier alpha value is -4.69. The summed E-state index contributed by atoms with van der Waals surface area (Å²) >= 11 is 0. The number of rotatable bonds is 14. The van der Waals surface area contributed by atoms with Crippen molar-refractivity contribution in [2.45, 2.75) is 55.7 Å². The van der Waals surface area contributed by atoms with Gasteiger partial charge in [0.2, 0.25) is 21.8 Å². The molecule has 1 aliphatic heterocycles. The fourth-order valence-electron chi connectivity index (χ4n) is 5.85. The summed E-state index contributed by atoms with van der Waals surface area (Å²) in [5.41, 5.74) is 6.49. The van der Waals surface area contributed by atoms with Crippen LogP contribution < -0.4 is 21.1 Å². The first kappa shape index (κ1) is 34.6. The number of nitrogens with two attached hydrogens (primary N) is 1. The van der Waals surface area contributed by atoms with Gasteiger partial charge in [0.1, 0.15) is 12.6 Å². The predicted octanol–water partition coefficient (Wildman–Crippen LogP) is 2.52. The Balaban J connectivity index is 1.26. The van der Waals surface area contributed by atoms with Gasteiger partial charge in [0.05, 0.1) is 11.3 Å². The van der Waals surface area contributed by atoms with Crippen molar-refractivity contribution in [2.75, 3.05) is 32.7 Å². The fraction of sp³-hybridized carbons (Fsp3) is 0.412. The van der Waals surface area contributed by atoms with Gasteiger partial charge in [0.25, 0.3) is 0 Å². The first-order chi connectivity index (χ1) is 23.1. The monoisotopic (exact) mass is 677 g/mol. The van der Waals surface area contributed by atoms with Crippen LogP contribution in [0.15, 0.2) is 77.7 Å². The lowest BCUT2D eigenvalue weighted by molar-refractivity contribution is -0.136. The Labute approximate surface area is 280 Å². The van der Waals surface area contributed by atoms with E-state index >= 15 is 0 Å². The second-order valence-corrected chi connectivity index (χ2v) is 14.0. The van der Waals surface area contributed by atoms with Crippen LogP contribution in [-0.2, 0) is 31.0 Å². The summed E-state index contributed by atoms with van der Waals surface area (Å²) in [5.74, 6) is -0.977. The predicted molar refractivity (Wildman–Crippen MR) is 181 cm³/mol. The Morgan fingerprint density at radius 2 is 1.71 bits per heavy atom. The molecule has 1 aliphatic carbocycles. The van der Waals surface area contributed by atoms with Gasteiger partial charge in [0.15, 0.2) is 5.96 Å². The van der Waals surface area contributed by atoms with Crippen molar-refractivity contribution in [3.8, 4) is 0 Å². The van der Waals surface area contributed by atoms with Gasteiger partial charge in [-0.05, 0) is 60.1 Å². The molecule has 1 saturated carbocycles. The fourth-order valence-corrected chi connectivity index (χ4v) is 7.07. The van der Waals surface area contributed by atoms with Crippen molar-refractivity contribution in [1.29, 1.82) is 5.41 Å². The van der Waals surface area contributed by atoms with E-state index in [4.69, 9.17) is 15.9 Å². The molecule has 0 radical (unpaired) electrons. The summed E-state index contributed by atoms with van der Waals surface area (Å²) in [6, 6.07) is 19.8. The molecule has 13 nitrogen and oxygen atoms in total. The summed E-state index contributed by atoms with van der Waals surface area (Å²) in [6.45, 7) is 1.82. The van der Waals surface area contributed by atoms with Crippen molar-refractivity contribution < 1.29 is 27.5 Å². The number of ether oxygens (including phenoxy) is 1. The summed E-state index contributed by atoms with van der Waals surface area (Å²) < 4.78 is 35.1. The van der Waals surface area contributed by atoms with Crippen LogP contribution in [0.5, 0.6) is 0 Å². The highest BCUT2D eigenvalue weighted by atomic mass is 32.2. The standard InChI is InChI=1S/C34H43N7O6S/c35-33(36)40-17-6-9-25(22-40)21-38-31(42)20-30(39-48(45,46)29-15-12-26-10-4-5-11-27(26)19-29)32(43)41(28-13-14-28)18-16-37-34(44)47-23-24-7-2-1-3-8-24/h1-5,7-8,10-12,15,19,25,28,30,39H,6,9,13-14,16-18,20-23H2,(H3,35,36)(H,37,44)(H,38,42)/t25-,30-/m0/s1. The van der Waals surface area contributed by atoms with Crippen LogP contribution >= 0.6 is 0 Å². The molecule has 48 heavy (non-hydrogen) atoms. The Kier molecular flexibility index (Phi) is 11.5. The first-order valence-electron chi connectivity index (χ1n) is 16.2. The van der Waals surface area contributed by atoms with Gasteiger partial charge in [0, 0.05) is 38.8 Å².